The highest BCUT2D eigenvalue weighted by Gasteiger charge is 2.14. The molecule has 0 aliphatic rings. The number of nitrogens with one attached hydrogen (secondary N) is 1. The lowest BCUT2D eigenvalue weighted by Gasteiger charge is -2.07. The van der Waals surface area contributed by atoms with Gasteiger partial charge >= 0.3 is 5.97 Å². The Morgan fingerprint density at radius 3 is 2.48 bits per heavy atom. The van der Waals surface area contributed by atoms with Gasteiger partial charge in [0, 0.05) is 24.4 Å². The van der Waals surface area contributed by atoms with Crippen LogP contribution in [0.1, 0.15) is 34.5 Å². The average molecular weight is 395 g/mol. The fourth-order valence-corrected chi connectivity index (χ4v) is 3.22. The molecule has 1 aromatic carbocycles. The minimum atomic E-state index is -0.987. The van der Waals surface area contributed by atoms with Crippen molar-refractivity contribution in [1.29, 1.82) is 0 Å². The minimum absolute atomic E-state index is 0.171. The molecular formula is C21H25N5O3. The molecule has 2 heterocycles. The highest BCUT2D eigenvalue weighted by molar-refractivity contribution is 5.89. The second-order valence-corrected chi connectivity index (χ2v) is 7.13. The third-order valence-electron chi connectivity index (χ3n) is 4.79. The molecule has 3 rings (SSSR count). The Morgan fingerprint density at radius 1 is 1.07 bits per heavy atom. The summed E-state index contributed by atoms with van der Waals surface area (Å²) in [5.41, 5.74) is 5.46. The van der Waals surface area contributed by atoms with Crippen molar-refractivity contribution in [3.63, 3.8) is 0 Å². The van der Waals surface area contributed by atoms with Crippen LogP contribution in [0.15, 0.2) is 36.5 Å². The predicted octanol–water partition coefficient (Wildman–Crippen LogP) is 2.71. The van der Waals surface area contributed by atoms with E-state index < -0.39 is 5.97 Å². The Bertz CT molecular complexity index is 1020. The molecule has 152 valence electrons. The molecule has 0 spiro atoms. The number of aromatic nitrogens is 4. The first-order chi connectivity index (χ1) is 13.8. The van der Waals surface area contributed by atoms with E-state index in [1.54, 1.807) is 6.07 Å². The first kappa shape index (κ1) is 20.3. The van der Waals surface area contributed by atoms with Gasteiger partial charge in [-0.15, -0.1) is 0 Å². The molecular weight excluding hydrogens is 370 g/mol. The summed E-state index contributed by atoms with van der Waals surface area (Å²) in [7, 11) is 0. The number of carbonyl (C=O) groups excluding carboxylic acids is 1. The summed E-state index contributed by atoms with van der Waals surface area (Å²) < 4.78 is 3.24. The van der Waals surface area contributed by atoms with Crippen molar-refractivity contribution in [2.45, 2.75) is 46.7 Å². The SMILES string of the molecule is Cc1ccc(Cn2nc(C)c(CCC(=O)Nc3ccn(CC(=O)O)n3)c2C)cc1. The van der Waals surface area contributed by atoms with Crippen LogP contribution in [-0.4, -0.2) is 36.5 Å². The van der Waals surface area contributed by atoms with E-state index in [1.165, 1.54) is 22.0 Å². The van der Waals surface area contributed by atoms with E-state index in [2.05, 4.69) is 46.7 Å². The normalized spacial score (nSPS) is 10.9. The highest BCUT2D eigenvalue weighted by atomic mass is 16.4. The van der Waals surface area contributed by atoms with E-state index in [0.717, 1.165) is 17.0 Å². The Labute approximate surface area is 169 Å². The molecule has 3 aromatic rings. The third kappa shape index (κ3) is 5.31. The molecule has 0 aliphatic heterocycles. The predicted molar refractivity (Wildman–Crippen MR) is 109 cm³/mol. The number of hydrogen-bond acceptors (Lipinski definition) is 4. The maximum absolute atomic E-state index is 12.3. The number of amides is 1. The number of nitrogens with zero attached hydrogens (tertiary/aromatic N) is 4. The van der Waals surface area contributed by atoms with Crippen molar-refractivity contribution in [3.8, 4) is 0 Å². The van der Waals surface area contributed by atoms with Gasteiger partial charge in [0.1, 0.15) is 6.54 Å². The van der Waals surface area contributed by atoms with Gasteiger partial charge < -0.3 is 10.4 Å². The number of carbonyl (C=O) groups is 2. The molecule has 0 bridgehead atoms. The number of anilines is 1. The van der Waals surface area contributed by atoms with E-state index in [4.69, 9.17) is 5.11 Å². The van der Waals surface area contributed by atoms with Crippen molar-refractivity contribution in [2.24, 2.45) is 0 Å². The van der Waals surface area contributed by atoms with Gasteiger partial charge in [0.05, 0.1) is 12.2 Å². The van der Waals surface area contributed by atoms with Gasteiger partial charge in [-0.1, -0.05) is 29.8 Å². The lowest BCUT2D eigenvalue weighted by Crippen LogP contribution is -2.14. The average Bonchev–Trinajstić information content (AvgIpc) is 3.19. The highest BCUT2D eigenvalue weighted by Crippen LogP contribution is 2.17. The van der Waals surface area contributed by atoms with E-state index in [0.29, 0.717) is 25.2 Å². The first-order valence-electron chi connectivity index (χ1n) is 9.45. The summed E-state index contributed by atoms with van der Waals surface area (Å²) in [6.07, 6.45) is 2.39. The first-order valence-corrected chi connectivity index (χ1v) is 9.45. The number of benzene rings is 1. The number of aliphatic carboxylic acids is 1. The molecule has 8 nitrogen and oxygen atoms in total. The number of aryl methyl sites for hydroxylation is 2. The quantitative estimate of drug-likeness (QED) is 0.611. The zero-order valence-electron chi connectivity index (χ0n) is 16.8. The Hall–Kier alpha value is -3.42. The van der Waals surface area contributed by atoms with Crippen LogP contribution in [0.3, 0.4) is 0 Å². The van der Waals surface area contributed by atoms with Crippen LogP contribution < -0.4 is 5.32 Å². The molecule has 0 radical (unpaired) electrons. The summed E-state index contributed by atoms with van der Waals surface area (Å²) in [6, 6.07) is 9.95. The van der Waals surface area contributed by atoms with Gasteiger partial charge in [0.2, 0.25) is 5.91 Å². The largest absolute Gasteiger partial charge is 0.480 e. The second-order valence-electron chi connectivity index (χ2n) is 7.13. The molecule has 8 heteroatoms. The monoisotopic (exact) mass is 395 g/mol. The van der Waals surface area contributed by atoms with Gasteiger partial charge in [-0.25, -0.2) is 0 Å². The Kier molecular flexibility index (Phi) is 6.11. The molecule has 0 unspecified atom stereocenters. The number of carboxylic acids is 1. The second kappa shape index (κ2) is 8.72. The molecule has 0 saturated carbocycles. The van der Waals surface area contributed by atoms with E-state index in [-0.39, 0.29) is 12.5 Å². The Balaban J connectivity index is 1.59. The molecule has 2 N–H and O–H groups in total. The Morgan fingerprint density at radius 2 is 1.79 bits per heavy atom. The molecule has 0 saturated heterocycles. The molecule has 2 aromatic heterocycles. The summed E-state index contributed by atoms with van der Waals surface area (Å²) >= 11 is 0. The lowest BCUT2D eigenvalue weighted by molar-refractivity contribution is -0.137. The third-order valence-corrected chi connectivity index (χ3v) is 4.79. The summed E-state index contributed by atoms with van der Waals surface area (Å²) in [5, 5.41) is 20.1. The van der Waals surface area contributed by atoms with E-state index in [9.17, 15) is 9.59 Å². The minimum Gasteiger partial charge on any atom is -0.480 e. The van der Waals surface area contributed by atoms with Gasteiger partial charge in [-0.3, -0.25) is 19.0 Å². The topological polar surface area (TPSA) is 102 Å². The maximum atomic E-state index is 12.3. The van der Waals surface area contributed by atoms with Gasteiger partial charge in [-0.2, -0.15) is 10.2 Å². The van der Waals surface area contributed by atoms with E-state index in [1.807, 2.05) is 18.5 Å². The van der Waals surface area contributed by atoms with Crippen LogP contribution in [0.2, 0.25) is 0 Å². The lowest BCUT2D eigenvalue weighted by atomic mass is 10.1. The fraction of sp³-hybridized carbons (Fsp3) is 0.333. The van der Waals surface area contributed by atoms with Crippen LogP contribution in [0.25, 0.3) is 0 Å². The van der Waals surface area contributed by atoms with Crippen LogP contribution in [-0.2, 0) is 29.1 Å². The van der Waals surface area contributed by atoms with Crippen molar-refractivity contribution < 1.29 is 14.7 Å². The molecule has 29 heavy (non-hydrogen) atoms. The maximum Gasteiger partial charge on any atom is 0.325 e. The van der Waals surface area contributed by atoms with Crippen LogP contribution in [0.4, 0.5) is 5.82 Å². The van der Waals surface area contributed by atoms with Crippen LogP contribution >= 0.6 is 0 Å². The molecule has 0 aliphatic carbocycles. The smallest absolute Gasteiger partial charge is 0.325 e. The van der Waals surface area contributed by atoms with Crippen molar-refractivity contribution in [1.82, 2.24) is 19.6 Å². The molecule has 0 fully saturated rings. The summed E-state index contributed by atoms with van der Waals surface area (Å²) in [4.78, 5) is 23.0. The van der Waals surface area contributed by atoms with Crippen LogP contribution in [0, 0.1) is 20.8 Å². The zero-order valence-corrected chi connectivity index (χ0v) is 16.8. The van der Waals surface area contributed by atoms with Gasteiger partial charge in [0.15, 0.2) is 5.82 Å². The van der Waals surface area contributed by atoms with Crippen molar-refractivity contribution >= 4 is 17.7 Å². The van der Waals surface area contributed by atoms with Gasteiger partial charge in [-0.05, 0) is 38.3 Å². The van der Waals surface area contributed by atoms with Crippen LogP contribution in [0.5, 0.6) is 0 Å². The zero-order chi connectivity index (χ0) is 21.0. The number of carboxylic acid groups (broad SMARTS) is 1. The molecule has 0 atom stereocenters. The van der Waals surface area contributed by atoms with Crippen molar-refractivity contribution in [3.05, 3.63) is 64.6 Å². The van der Waals surface area contributed by atoms with Gasteiger partial charge in [0.25, 0.3) is 0 Å². The number of hydrogen-bond donors (Lipinski definition) is 2. The summed E-state index contributed by atoms with van der Waals surface area (Å²) in [6.45, 7) is 6.50. The summed E-state index contributed by atoms with van der Waals surface area (Å²) in [5.74, 6) is -0.810. The van der Waals surface area contributed by atoms with Crippen molar-refractivity contribution in [2.75, 3.05) is 5.32 Å². The standard InChI is InChI=1S/C21H25N5O3/c1-14-4-6-17(7-5-14)12-26-16(3)18(15(2)23-26)8-9-20(27)22-19-10-11-25(24-19)13-21(28)29/h4-7,10-11H,8-9,12-13H2,1-3H3,(H,28,29)(H,22,24,27). The number of rotatable bonds is 8. The fourth-order valence-electron chi connectivity index (χ4n) is 3.22. The van der Waals surface area contributed by atoms with E-state index >= 15 is 0 Å². The molecule has 1 amide bonds.